The van der Waals surface area contributed by atoms with E-state index in [0.29, 0.717) is 10.2 Å². The predicted molar refractivity (Wildman–Crippen MR) is 65.0 cm³/mol. The summed E-state index contributed by atoms with van der Waals surface area (Å²) in [6.07, 6.45) is 4.30. The topological polar surface area (TPSA) is 114 Å². The lowest BCUT2D eigenvalue weighted by molar-refractivity contribution is -0.120. The smallest absolute Gasteiger partial charge is 0.352 e. The van der Waals surface area contributed by atoms with Gasteiger partial charge in [0, 0.05) is 10.7 Å². The zero-order valence-corrected chi connectivity index (χ0v) is 10.6. The van der Waals surface area contributed by atoms with Crippen molar-refractivity contribution in [2.24, 2.45) is 5.73 Å². The van der Waals surface area contributed by atoms with Crippen LogP contribution < -0.4 is 5.73 Å². The SMILES string of the molecule is NC(=O)C(c1cnc[nH]1)n1cc(Br)cc1C(=O)O. The van der Waals surface area contributed by atoms with Crippen LogP contribution in [0.5, 0.6) is 0 Å². The Morgan fingerprint density at radius 2 is 2.28 bits per heavy atom. The van der Waals surface area contributed by atoms with E-state index in [1.54, 1.807) is 0 Å². The molecule has 0 spiro atoms. The van der Waals surface area contributed by atoms with E-state index in [0.717, 1.165) is 0 Å². The van der Waals surface area contributed by atoms with E-state index in [9.17, 15) is 9.59 Å². The molecule has 0 saturated heterocycles. The predicted octanol–water partition coefficient (Wildman–Crippen LogP) is 0.747. The van der Waals surface area contributed by atoms with Gasteiger partial charge in [-0.15, -0.1) is 0 Å². The van der Waals surface area contributed by atoms with Gasteiger partial charge >= 0.3 is 5.97 Å². The number of halogens is 1. The Morgan fingerprint density at radius 3 is 2.78 bits per heavy atom. The number of aromatic amines is 1. The summed E-state index contributed by atoms with van der Waals surface area (Å²) in [5.41, 5.74) is 5.71. The van der Waals surface area contributed by atoms with Gasteiger partial charge in [0.1, 0.15) is 5.69 Å². The molecule has 2 aromatic rings. The second-order valence-corrected chi connectivity index (χ2v) is 4.48. The van der Waals surface area contributed by atoms with Gasteiger partial charge in [0.15, 0.2) is 6.04 Å². The number of hydrogen-bond acceptors (Lipinski definition) is 3. The third kappa shape index (κ3) is 2.14. The van der Waals surface area contributed by atoms with E-state index in [1.165, 1.54) is 29.4 Å². The largest absolute Gasteiger partial charge is 0.477 e. The van der Waals surface area contributed by atoms with Gasteiger partial charge < -0.3 is 20.4 Å². The molecule has 0 aliphatic heterocycles. The second-order valence-electron chi connectivity index (χ2n) is 3.57. The minimum atomic E-state index is -1.15. The standard InChI is InChI=1S/C10H9BrN4O3/c11-5-1-7(10(17)18)15(3-5)8(9(12)16)6-2-13-4-14-6/h1-4,8H,(H2,12,16)(H,13,14)(H,17,18). The number of amides is 1. The highest BCUT2D eigenvalue weighted by molar-refractivity contribution is 9.10. The number of hydrogen-bond donors (Lipinski definition) is 3. The third-order valence-corrected chi connectivity index (χ3v) is 2.83. The van der Waals surface area contributed by atoms with Crippen LogP contribution in [0.25, 0.3) is 0 Å². The van der Waals surface area contributed by atoms with Crippen LogP contribution >= 0.6 is 15.9 Å². The minimum absolute atomic E-state index is 0.0414. The summed E-state index contributed by atoms with van der Waals surface area (Å²) in [6, 6.07) is 0.458. The van der Waals surface area contributed by atoms with Crippen molar-refractivity contribution in [3.63, 3.8) is 0 Å². The van der Waals surface area contributed by atoms with Crippen LogP contribution in [-0.2, 0) is 4.79 Å². The zero-order chi connectivity index (χ0) is 13.3. The number of primary amides is 1. The molecule has 0 bridgehead atoms. The van der Waals surface area contributed by atoms with Crippen LogP contribution in [0.4, 0.5) is 0 Å². The van der Waals surface area contributed by atoms with E-state index >= 15 is 0 Å². The van der Waals surface area contributed by atoms with Gasteiger partial charge in [0.2, 0.25) is 5.91 Å². The minimum Gasteiger partial charge on any atom is -0.477 e. The molecule has 18 heavy (non-hydrogen) atoms. The molecule has 2 heterocycles. The molecule has 7 nitrogen and oxygen atoms in total. The summed E-state index contributed by atoms with van der Waals surface area (Å²) in [5.74, 6) is -1.82. The number of nitrogens with one attached hydrogen (secondary N) is 1. The average Bonchev–Trinajstić information content (AvgIpc) is 2.88. The first-order valence-electron chi connectivity index (χ1n) is 4.89. The molecular formula is C10H9BrN4O3. The molecule has 2 aromatic heterocycles. The van der Waals surface area contributed by atoms with Crippen molar-refractivity contribution < 1.29 is 14.7 Å². The molecule has 1 unspecified atom stereocenters. The molecule has 94 valence electrons. The number of carboxylic acids is 1. The summed E-state index contributed by atoms with van der Waals surface area (Å²) in [7, 11) is 0. The maximum absolute atomic E-state index is 11.5. The number of imidazole rings is 1. The Kier molecular flexibility index (Phi) is 3.19. The summed E-state index contributed by atoms with van der Waals surface area (Å²) in [6.45, 7) is 0. The average molecular weight is 313 g/mol. The number of H-pyrrole nitrogens is 1. The summed E-state index contributed by atoms with van der Waals surface area (Å²) < 4.78 is 1.83. The molecule has 2 rings (SSSR count). The fourth-order valence-corrected chi connectivity index (χ4v) is 2.12. The number of carbonyl (C=O) groups is 2. The van der Waals surface area contributed by atoms with Gasteiger partial charge in [-0.05, 0) is 22.0 Å². The van der Waals surface area contributed by atoms with Gasteiger partial charge in [-0.3, -0.25) is 4.79 Å². The molecule has 0 aromatic carbocycles. The number of nitrogens with two attached hydrogens (primary N) is 1. The van der Waals surface area contributed by atoms with Crippen molar-refractivity contribution in [2.45, 2.75) is 6.04 Å². The van der Waals surface area contributed by atoms with Crippen LogP contribution in [0, 0.1) is 0 Å². The van der Waals surface area contributed by atoms with E-state index in [-0.39, 0.29) is 5.69 Å². The Bertz CT molecular complexity index is 590. The summed E-state index contributed by atoms with van der Waals surface area (Å²) >= 11 is 3.17. The monoisotopic (exact) mass is 312 g/mol. The van der Waals surface area contributed by atoms with E-state index in [1.807, 2.05) is 0 Å². The highest BCUT2D eigenvalue weighted by atomic mass is 79.9. The number of carboxylic acid groups (broad SMARTS) is 1. The van der Waals surface area contributed by atoms with Gasteiger partial charge in [0.25, 0.3) is 0 Å². The van der Waals surface area contributed by atoms with Crippen molar-refractivity contribution in [1.29, 1.82) is 0 Å². The van der Waals surface area contributed by atoms with Crippen LogP contribution in [0.2, 0.25) is 0 Å². The van der Waals surface area contributed by atoms with Gasteiger partial charge in [-0.25, -0.2) is 9.78 Å². The van der Waals surface area contributed by atoms with Crippen molar-refractivity contribution in [3.8, 4) is 0 Å². The highest BCUT2D eigenvalue weighted by Crippen LogP contribution is 2.23. The van der Waals surface area contributed by atoms with E-state index in [2.05, 4.69) is 25.9 Å². The first-order chi connectivity index (χ1) is 8.50. The number of rotatable bonds is 4. The van der Waals surface area contributed by atoms with Crippen LogP contribution in [0.1, 0.15) is 22.2 Å². The molecule has 0 saturated carbocycles. The number of aromatic nitrogens is 3. The third-order valence-electron chi connectivity index (χ3n) is 2.40. The molecule has 1 atom stereocenters. The normalized spacial score (nSPS) is 12.3. The molecule has 0 aliphatic rings. The van der Waals surface area contributed by atoms with Crippen molar-refractivity contribution in [3.05, 3.63) is 40.6 Å². The highest BCUT2D eigenvalue weighted by Gasteiger charge is 2.26. The fourth-order valence-electron chi connectivity index (χ4n) is 1.69. The van der Waals surface area contributed by atoms with E-state index < -0.39 is 17.9 Å². The lowest BCUT2D eigenvalue weighted by atomic mass is 10.2. The molecule has 1 amide bonds. The quantitative estimate of drug-likeness (QED) is 0.772. The van der Waals surface area contributed by atoms with Gasteiger partial charge in [0.05, 0.1) is 18.2 Å². The van der Waals surface area contributed by atoms with Crippen LogP contribution in [0.3, 0.4) is 0 Å². The van der Waals surface area contributed by atoms with E-state index in [4.69, 9.17) is 10.8 Å². The molecule has 0 radical (unpaired) electrons. The Labute approximate surface area is 110 Å². The molecule has 8 heteroatoms. The summed E-state index contributed by atoms with van der Waals surface area (Å²) in [4.78, 5) is 29.2. The van der Waals surface area contributed by atoms with Crippen molar-refractivity contribution >= 4 is 27.8 Å². The zero-order valence-electron chi connectivity index (χ0n) is 9.00. The maximum Gasteiger partial charge on any atom is 0.352 e. The Balaban J connectivity index is 2.56. The lowest BCUT2D eigenvalue weighted by Gasteiger charge is -2.15. The Hall–Kier alpha value is -2.09. The first-order valence-corrected chi connectivity index (χ1v) is 5.68. The van der Waals surface area contributed by atoms with Crippen molar-refractivity contribution in [2.75, 3.05) is 0 Å². The molecule has 4 N–H and O–H groups in total. The molecule has 0 fully saturated rings. The Morgan fingerprint density at radius 1 is 1.56 bits per heavy atom. The van der Waals surface area contributed by atoms with Crippen molar-refractivity contribution in [1.82, 2.24) is 14.5 Å². The van der Waals surface area contributed by atoms with Crippen LogP contribution in [-0.4, -0.2) is 31.5 Å². The number of aromatic carboxylic acids is 1. The number of nitrogens with zero attached hydrogens (tertiary/aromatic N) is 2. The van der Waals surface area contributed by atoms with Crippen LogP contribution in [0.15, 0.2) is 29.3 Å². The van der Waals surface area contributed by atoms with Gasteiger partial charge in [-0.2, -0.15) is 0 Å². The molecular weight excluding hydrogens is 304 g/mol. The maximum atomic E-state index is 11.5. The number of carbonyl (C=O) groups excluding carboxylic acids is 1. The molecule has 0 aliphatic carbocycles. The fraction of sp³-hybridized carbons (Fsp3) is 0.100. The second kappa shape index (κ2) is 4.65. The lowest BCUT2D eigenvalue weighted by Crippen LogP contribution is -2.29. The first kappa shape index (κ1) is 12.4. The summed E-state index contributed by atoms with van der Waals surface area (Å²) in [5, 5.41) is 9.09. The van der Waals surface area contributed by atoms with Gasteiger partial charge in [-0.1, -0.05) is 0 Å².